The third-order valence-electron chi connectivity index (χ3n) is 3.23. The average Bonchev–Trinajstić information content (AvgIpc) is 2.53. The van der Waals surface area contributed by atoms with Gasteiger partial charge in [-0.05, 0) is 48.4 Å². The lowest BCUT2D eigenvalue weighted by atomic mass is 10.1. The zero-order valence-electron chi connectivity index (χ0n) is 12.8. The van der Waals surface area contributed by atoms with Gasteiger partial charge in [0.15, 0.2) is 12.4 Å². The summed E-state index contributed by atoms with van der Waals surface area (Å²) in [4.78, 5) is 23.0. The first-order valence-electron chi connectivity index (χ1n) is 7.21. The molecule has 2 aromatic carbocycles. The fourth-order valence-electron chi connectivity index (χ4n) is 2.00. The van der Waals surface area contributed by atoms with Crippen molar-refractivity contribution in [2.45, 2.75) is 20.3 Å². The molecule has 0 unspecified atom stereocenters. The average molecular weight is 297 g/mol. The van der Waals surface area contributed by atoms with Crippen LogP contribution in [-0.4, -0.2) is 18.3 Å². The zero-order valence-corrected chi connectivity index (χ0v) is 12.8. The molecule has 0 aliphatic heterocycles. The number of anilines is 1. The molecule has 0 heterocycles. The van der Waals surface area contributed by atoms with Crippen LogP contribution >= 0.6 is 0 Å². The number of amides is 1. The molecule has 0 bridgehead atoms. The molecule has 22 heavy (non-hydrogen) atoms. The lowest BCUT2D eigenvalue weighted by Gasteiger charge is -2.07. The highest BCUT2D eigenvalue weighted by molar-refractivity contribution is 5.98. The van der Waals surface area contributed by atoms with Gasteiger partial charge in [-0.3, -0.25) is 9.59 Å². The number of nitrogens with one attached hydrogen (secondary N) is 1. The number of hydrogen-bond acceptors (Lipinski definition) is 3. The highest BCUT2D eigenvalue weighted by atomic mass is 16.5. The van der Waals surface area contributed by atoms with Gasteiger partial charge in [-0.25, -0.2) is 0 Å². The van der Waals surface area contributed by atoms with Crippen molar-refractivity contribution in [1.29, 1.82) is 0 Å². The molecule has 0 radical (unpaired) electrons. The van der Waals surface area contributed by atoms with Crippen molar-refractivity contribution in [2.75, 3.05) is 11.9 Å². The highest BCUT2D eigenvalue weighted by Crippen LogP contribution is 2.14. The quantitative estimate of drug-likeness (QED) is 0.831. The Kier molecular flexibility index (Phi) is 5.31. The van der Waals surface area contributed by atoms with Crippen molar-refractivity contribution in [3.8, 4) is 5.75 Å². The Morgan fingerprint density at radius 3 is 2.18 bits per heavy atom. The highest BCUT2D eigenvalue weighted by Gasteiger charge is 2.07. The summed E-state index contributed by atoms with van der Waals surface area (Å²) in [5.41, 5.74) is 2.45. The Hall–Kier alpha value is -2.62. The van der Waals surface area contributed by atoms with Crippen LogP contribution in [0.1, 0.15) is 29.8 Å². The van der Waals surface area contributed by atoms with E-state index in [1.54, 1.807) is 24.3 Å². The number of Topliss-reactive ketones (excluding diaryl/α,β-unsaturated/α-hetero) is 1. The van der Waals surface area contributed by atoms with Gasteiger partial charge in [0.1, 0.15) is 5.75 Å². The van der Waals surface area contributed by atoms with Crippen LogP contribution in [0, 0.1) is 0 Å². The molecule has 0 fully saturated rings. The van der Waals surface area contributed by atoms with Crippen molar-refractivity contribution in [3.05, 3.63) is 59.7 Å². The SMILES string of the molecule is CCc1ccc(OCC(=O)c2ccc(NC(C)=O)cc2)cc1. The summed E-state index contributed by atoms with van der Waals surface area (Å²) < 4.78 is 5.50. The van der Waals surface area contributed by atoms with E-state index in [9.17, 15) is 9.59 Å². The summed E-state index contributed by atoms with van der Waals surface area (Å²) in [5, 5.41) is 2.66. The number of benzene rings is 2. The van der Waals surface area contributed by atoms with Crippen LogP contribution in [0.3, 0.4) is 0 Å². The van der Waals surface area contributed by atoms with Crippen LogP contribution in [0.4, 0.5) is 5.69 Å². The first-order valence-corrected chi connectivity index (χ1v) is 7.21. The maximum atomic E-state index is 12.1. The van der Waals surface area contributed by atoms with Crippen molar-refractivity contribution in [2.24, 2.45) is 0 Å². The number of rotatable bonds is 6. The summed E-state index contributed by atoms with van der Waals surface area (Å²) >= 11 is 0. The molecule has 1 N–H and O–H groups in total. The number of ether oxygens (including phenoxy) is 1. The second-order valence-electron chi connectivity index (χ2n) is 4.97. The van der Waals surface area contributed by atoms with Gasteiger partial charge >= 0.3 is 0 Å². The van der Waals surface area contributed by atoms with Gasteiger partial charge in [0.25, 0.3) is 0 Å². The number of carbonyl (C=O) groups excluding carboxylic acids is 2. The Balaban J connectivity index is 1.92. The molecule has 0 saturated heterocycles. The second kappa shape index (κ2) is 7.41. The lowest BCUT2D eigenvalue weighted by Crippen LogP contribution is -2.12. The van der Waals surface area contributed by atoms with Crippen molar-refractivity contribution in [3.63, 3.8) is 0 Å². The Labute approximate surface area is 130 Å². The Morgan fingerprint density at radius 1 is 1.00 bits per heavy atom. The molecule has 114 valence electrons. The minimum atomic E-state index is -0.141. The van der Waals surface area contributed by atoms with Gasteiger partial charge in [-0.1, -0.05) is 19.1 Å². The van der Waals surface area contributed by atoms with E-state index >= 15 is 0 Å². The molecule has 2 rings (SSSR count). The summed E-state index contributed by atoms with van der Waals surface area (Å²) in [7, 11) is 0. The van der Waals surface area contributed by atoms with Gasteiger partial charge in [0.2, 0.25) is 5.91 Å². The van der Waals surface area contributed by atoms with Crippen molar-refractivity contribution >= 4 is 17.4 Å². The fraction of sp³-hybridized carbons (Fsp3) is 0.222. The van der Waals surface area contributed by atoms with Crippen molar-refractivity contribution < 1.29 is 14.3 Å². The minimum Gasteiger partial charge on any atom is -0.485 e. The zero-order chi connectivity index (χ0) is 15.9. The fourth-order valence-corrected chi connectivity index (χ4v) is 2.00. The summed E-state index contributed by atoms with van der Waals surface area (Å²) in [5.74, 6) is 0.437. The minimum absolute atomic E-state index is 0.00897. The standard InChI is InChI=1S/C18H19NO3/c1-3-14-4-10-17(11-5-14)22-12-18(21)15-6-8-16(9-7-15)19-13(2)20/h4-11H,3,12H2,1-2H3,(H,19,20). The number of hydrogen-bond donors (Lipinski definition) is 1. The molecule has 2 aromatic rings. The second-order valence-corrected chi connectivity index (χ2v) is 4.97. The summed E-state index contributed by atoms with van der Waals surface area (Å²) in [6.45, 7) is 3.52. The van der Waals surface area contributed by atoms with Crippen LogP contribution in [0.2, 0.25) is 0 Å². The van der Waals surface area contributed by atoms with E-state index in [2.05, 4.69) is 12.2 Å². The first-order chi connectivity index (χ1) is 10.6. The van der Waals surface area contributed by atoms with Crippen LogP contribution in [0.25, 0.3) is 0 Å². The van der Waals surface area contributed by atoms with Crippen molar-refractivity contribution in [1.82, 2.24) is 0 Å². The van der Waals surface area contributed by atoms with Gasteiger partial charge in [0, 0.05) is 18.2 Å². The van der Waals surface area contributed by atoms with E-state index in [0.717, 1.165) is 6.42 Å². The number of ketones is 1. The summed E-state index contributed by atoms with van der Waals surface area (Å²) in [6, 6.07) is 14.5. The Bertz CT molecular complexity index is 645. The third kappa shape index (κ3) is 4.45. The van der Waals surface area contributed by atoms with Crippen LogP contribution in [-0.2, 0) is 11.2 Å². The predicted octanol–water partition coefficient (Wildman–Crippen LogP) is 3.47. The number of aryl methyl sites for hydroxylation is 1. The van der Waals surface area contributed by atoms with E-state index in [4.69, 9.17) is 4.74 Å². The predicted molar refractivity (Wildman–Crippen MR) is 86.4 cm³/mol. The molecule has 4 nitrogen and oxygen atoms in total. The topological polar surface area (TPSA) is 55.4 Å². The van der Waals surface area contributed by atoms with Gasteiger partial charge < -0.3 is 10.1 Å². The van der Waals surface area contributed by atoms with E-state index in [1.807, 2.05) is 24.3 Å². The van der Waals surface area contributed by atoms with Crippen LogP contribution < -0.4 is 10.1 Å². The maximum Gasteiger partial charge on any atom is 0.221 e. The van der Waals surface area contributed by atoms with Crippen LogP contribution in [0.5, 0.6) is 5.75 Å². The van der Waals surface area contributed by atoms with Gasteiger partial charge in [0.05, 0.1) is 0 Å². The normalized spacial score (nSPS) is 10.1. The van der Waals surface area contributed by atoms with Gasteiger partial charge in [-0.15, -0.1) is 0 Å². The number of carbonyl (C=O) groups is 2. The van der Waals surface area contributed by atoms with E-state index in [1.165, 1.54) is 12.5 Å². The molecule has 0 spiro atoms. The molecular formula is C18H19NO3. The molecule has 0 aliphatic rings. The molecule has 0 saturated carbocycles. The molecule has 0 atom stereocenters. The third-order valence-corrected chi connectivity index (χ3v) is 3.23. The largest absolute Gasteiger partial charge is 0.485 e. The molecule has 0 aliphatic carbocycles. The van der Waals surface area contributed by atoms with E-state index in [0.29, 0.717) is 17.0 Å². The summed E-state index contributed by atoms with van der Waals surface area (Å²) in [6.07, 6.45) is 0.972. The molecular weight excluding hydrogens is 278 g/mol. The smallest absolute Gasteiger partial charge is 0.221 e. The molecule has 4 heteroatoms. The first kappa shape index (κ1) is 15.8. The van der Waals surface area contributed by atoms with E-state index in [-0.39, 0.29) is 18.3 Å². The molecule has 1 amide bonds. The van der Waals surface area contributed by atoms with Gasteiger partial charge in [-0.2, -0.15) is 0 Å². The maximum absolute atomic E-state index is 12.1. The molecule has 0 aromatic heterocycles. The lowest BCUT2D eigenvalue weighted by molar-refractivity contribution is -0.114. The van der Waals surface area contributed by atoms with E-state index < -0.39 is 0 Å². The van der Waals surface area contributed by atoms with Crippen LogP contribution in [0.15, 0.2) is 48.5 Å². The monoisotopic (exact) mass is 297 g/mol. The Morgan fingerprint density at radius 2 is 1.64 bits per heavy atom.